The zero-order valence-electron chi connectivity index (χ0n) is 12.9. The van der Waals surface area contributed by atoms with Crippen molar-refractivity contribution in [3.8, 4) is 0 Å². The number of aliphatic hydroxyl groups is 1. The molecule has 122 valence electrons. The fourth-order valence-electron chi connectivity index (χ4n) is 2.51. The van der Waals surface area contributed by atoms with Gasteiger partial charge in [0, 0.05) is 32.2 Å². The smallest absolute Gasteiger partial charge is 0.236 e. The minimum absolute atomic E-state index is 0.0196. The molecule has 1 aromatic carbocycles. The summed E-state index contributed by atoms with van der Waals surface area (Å²) in [5, 5.41) is 9.26. The Labute approximate surface area is 130 Å². The number of aliphatic hydroxyl groups excluding tert-OH is 1. The molecule has 6 heteroatoms. The molecule has 0 bridgehead atoms. The summed E-state index contributed by atoms with van der Waals surface area (Å²) in [6, 6.07) is 6.28. The van der Waals surface area contributed by atoms with Crippen molar-refractivity contribution in [3.05, 3.63) is 35.6 Å². The highest BCUT2D eigenvalue weighted by Gasteiger charge is 2.22. The molecule has 1 aliphatic rings. The number of carbonyl (C=O) groups excluding carboxylic acids is 1. The lowest BCUT2D eigenvalue weighted by Gasteiger charge is -2.25. The summed E-state index contributed by atoms with van der Waals surface area (Å²) < 4.78 is 18.3. The van der Waals surface area contributed by atoms with E-state index in [0.717, 1.165) is 5.56 Å². The van der Waals surface area contributed by atoms with E-state index >= 15 is 0 Å². The summed E-state index contributed by atoms with van der Waals surface area (Å²) in [5.41, 5.74) is 0.962. The highest BCUT2D eigenvalue weighted by atomic mass is 19.1. The van der Waals surface area contributed by atoms with Crippen LogP contribution in [0.2, 0.25) is 0 Å². The Kier molecular flexibility index (Phi) is 6.30. The van der Waals surface area contributed by atoms with Crippen LogP contribution in [0.15, 0.2) is 24.3 Å². The summed E-state index contributed by atoms with van der Waals surface area (Å²) in [5.74, 6) is -0.260. The molecular weight excluding hydrogens is 287 g/mol. The monoisotopic (exact) mass is 310 g/mol. The first-order valence-corrected chi connectivity index (χ1v) is 7.48. The van der Waals surface area contributed by atoms with Gasteiger partial charge in [-0.2, -0.15) is 0 Å². The van der Waals surface area contributed by atoms with Crippen LogP contribution < -0.4 is 0 Å². The predicted octanol–water partition coefficient (Wildman–Crippen LogP) is 0.725. The molecule has 1 heterocycles. The Balaban J connectivity index is 1.85. The van der Waals surface area contributed by atoms with Crippen LogP contribution in [0.3, 0.4) is 0 Å². The number of amides is 1. The van der Waals surface area contributed by atoms with Gasteiger partial charge in [-0.05, 0) is 24.7 Å². The Hall–Kier alpha value is -1.50. The van der Waals surface area contributed by atoms with E-state index in [1.165, 1.54) is 12.1 Å². The van der Waals surface area contributed by atoms with Crippen LogP contribution in [-0.2, 0) is 16.1 Å². The fourth-order valence-corrected chi connectivity index (χ4v) is 2.51. The molecule has 1 aliphatic heterocycles. The van der Waals surface area contributed by atoms with Gasteiger partial charge < -0.3 is 14.7 Å². The van der Waals surface area contributed by atoms with Crippen LogP contribution in [0.1, 0.15) is 5.56 Å². The lowest BCUT2D eigenvalue weighted by molar-refractivity contribution is -0.132. The maximum Gasteiger partial charge on any atom is 0.236 e. The molecule has 2 rings (SSSR count). The fraction of sp³-hybridized carbons (Fsp3) is 0.562. The zero-order chi connectivity index (χ0) is 15.9. The lowest BCUT2D eigenvalue weighted by atomic mass is 10.1. The number of likely N-dealkylation sites (N-methyl/N-ethyl adjacent to an activating group) is 1. The van der Waals surface area contributed by atoms with E-state index in [-0.39, 0.29) is 30.8 Å². The van der Waals surface area contributed by atoms with Crippen LogP contribution in [-0.4, -0.2) is 67.3 Å². The minimum Gasteiger partial charge on any atom is -0.396 e. The third kappa shape index (κ3) is 5.05. The Morgan fingerprint density at radius 2 is 2.18 bits per heavy atom. The summed E-state index contributed by atoms with van der Waals surface area (Å²) in [6.45, 7) is 2.97. The van der Waals surface area contributed by atoms with Crippen LogP contribution >= 0.6 is 0 Å². The molecule has 0 unspecified atom stereocenters. The minimum atomic E-state index is -0.262. The van der Waals surface area contributed by atoms with Crippen molar-refractivity contribution in [2.75, 3.05) is 46.5 Å². The van der Waals surface area contributed by atoms with Crippen molar-refractivity contribution in [1.82, 2.24) is 9.80 Å². The molecule has 22 heavy (non-hydrogen) atoms. The normalized spacial score (nSPS) is 19.3. The summed E-state index contributed by atoms with van der Waals surface area (Å²) >= 11 is 0. The number of rotatable bonds is 5. The molecule has 1 fully saturated rings. The van der Waals surface area contributed by atoms with Crippen molar-refractivity contribution < 1.29 is 19.0 Å². The quantitative estimate of drug-likeness (QED) is 0.871. The van der Waals surface area contributed by atoms with E-state index in [4.69, 9.17) is 4.74 Å². The summed E-state index contributed by atoms with van der Waals surface area (Å²) in [4.78, 5) is 16.0. The average Bonchev–Trinajstić information content (AvgIpc) is 2.75. The Morgan fingerprint density at radius 3 is 2.86 bits per heavy atom. The molecule has 1 atom stereocenters. The zero-order valence-corrected chi connectivity index (χ0v) is 12.9. The van der Waals surface area contributed by atoms with E-state index in [1.807, 2.05) is 11.9 Å². The van der Waals surface area contributed by atoms with Crippen molar-refractivity contribution in [1.29, 1.82) is 0 Å². The van der Waals surface area contributed by atoms with Gasteiger partial charge in [-0.1, -0.05) is 12.1 Å². The molecule has 0 aliphatic carbocycles. The SMILES string of the molecule is CN(CC(=O)N1CCOC[C@H](CO)C1)Cc1ccc(F)cc1. The lowest BCUT2D eigenvalue weighted by Crippen LogP contribution is -2.42. The van der Waals surface area contributed by atoms with Gasteiger partial charge in [0.05, 0.1) is 19.8 Å². The van der Waals surface area contributed by atoms with Crippen molar-refractivity contribution in [2.24, 2.45) is 5.92 Å². The first-order chi connectivity index (χ1) is 10.6. The molecule has 1 aromatic rings. The standard InChI is InChI=1S/C16H23FN2O3/c1-18(8-13-2-4-15(17)5-3-13)10-16(21)19-6-7-22-12-14(9-19)11-20/h2-5,14,20H,6-12H2,1H3/t14-/m0/s1. The maximum absolute atomic E-state index is 12.9. The first kappa shape index (κ1) is 16.9. The van der Waals surface area contributed by atoms with Gasteiger partial charge in [0.25, 0.3) is 0 Å². The first-order valence-electron chi connectivity index (χ1n) is 7.48. The number of hydrogen-bond donors (Lipinski definition) is 1. The number of ether oxygens (including phenoxy) is 1. The molecule has 5 nitrogen and oxygen atoms in total. The van der Waals surface area contributed by atoms with Crippen molar-refractivity contribution in [3.63, 3.8) is 0 Å². The summed E-state index contributed by atoms with van der Waals surface area (Å²) in [6.07, 6.45) is 0. The molecule has 0 saturated carbocycles. The van der Waals surface area contributed by atoms with E-state index in [1.54, 1.807) is 17.0 Å². The van der Waals surface area contributed by atoms with Crippen LogP contribution in [0.4, 0.5) is 4.39 Å². The van der Waals surface area contributed by atoms with Crippen molar-refractivity contribution >= 4 is 5.91 Å². The number of carbonyl (C=O) groups is 1. The van der Waals surface area contributed by atoms with E-state index < -0.39 is 0 Å². The van der Waals surface area contributed by atoms with Gasteiger partial charge in [-0.25, -0.2) is 4.39 Å². The Bertz CT molecular complexity index is 481. The molecular formula is C16H23FN2O3. The maximum atomic E-state index is 12.9. The van der Waals surface area contributed by atoms with Gasteiger partial charge in [0.15, 0.2) is 0 Å². The number of benzene rings is 1. The predicted molar refractivity (Wildman–Crippen MR) is 80.7 cm³/mol. The second-order valence-corrected chi connectivity index (χ2v) is 5.76. The third-order valence-electron chi connectivity index (χ3n) is 3.72. The number of halogens is 1. The van der Waals surface area contributed by atoms with E-state index in [2.05, 4.69) is 0 Å². The molecule has 0 radical (unpaired) electrons. The highest BCUT2D eigenvalue weighted by Crippen LogP contribution is 2.09. The molecule has 0 spiro atoms. The summed E-state index contributed by atoms with van der Waals surface area (Å²) in [7, 11) is 1.86. The van der Waals surface area contributed by atoms with Crippen LogP contribution in [0, 0.1) is 11.7 Å². The molecule has 1 saturated heterocycles. The van der Waals surface area contributed by atoms with E-state index in [0.29, 0.717) is 32.8 Å². The largest absolute Gasteiger partial charge is 0.396 e. The van der Waals surface area contributed by atoms with Gasteiger partial charge >= 0.3 is 0 Å². The van der Waals surface area contributed by atoms with Gasteiger partial charge in [-0.3, -0.25) is 9.69 Å². The Morgan fingerprint density at radius 1 is 1.45 bits per heavy atom. The molecule has 1 N–H and O–H groups in total. The molecule has 0 aromatic heterocycles. The van der Waals surface area contributed by atoms with Gasteiger partial charge in [0.2, 0.25) is 5.91 Å². The van der Waals surface area contributed by atoms with Gasteiger partial charge in [-0.15, -0.1) is 0 Å². The van der Waals surface area contributed by atoms with Crippen molar-refractivity contribution in [2.45, 2.75) is 6.54 Å². The molecule has 1 amide bonds. The second kappa shape index (κ2) is 8.22. The number of hydrogen-bond acceptors (Lipinski definition) is 4. The highest BCUT2D eigenvalue weighted by molar-refractivity contribution is 5.78. The van der Waals surface area contributed by atoms with Gasteiger partial charge in [0.1, 0.15) is 5.82 Å². The second-order valence-electron chi connectivity index (χ2n) is 5.76. The average molecular weight is 310 g/mol. The van der Waals surface area contributed by atoms with Crippen LogP contribution in [0.25, 0.3) is 0 Å². The number of nitrogens with zero attached hydrogens (tertiary/aromatic N) is 2. The van der Waals surface area contributed by atoms with Crippen LogP contribution in [0.5, 0.6) is 0 Å². The topological polar surface area (TPSA) is 53.0 Å². The third-order valence-corrected chi connectivity index (χ3v) is 3.72. The van der Waals surface area contributed by atoms with E-state index in [9.17, 15) is 14.3 Å².